The molecule has 0 saturated carbocycles. The third-order valence-corrected chi connectivity index (χ3v) is 6.93. The van der Waals surface area contributed by atoms with Crippen LogP contribution in [-0.4, -0.2) is 21.0 Å². The van der Waals surface area contributed by atoms with E-state index in [2.05, 4.69) is 22.8 Å². The van der Waals surface area contributed by atoms with Crippen LogP contribution in [0.25, 0.3) is 10.9 Å². The third-order valence-electron chi connectivity index (χ3n) is 6.93. The van der Waals surface area contributed by atoms with Crippen molar-refractivity contribution in [2.45, 2.75) is 30.8 Å². The Morgan fingerprint density at radius 2 is 1.72 bits per heavy atom. The molecule has 1 aromatic heterocycles. The van der Waals surface area contributed by atoms with E-state index in [4.69, 9.17) is 4.74 Å². The molecule has 6 heteroatoms. The predicted molar refractivity (Wildman–Crippen MR) is 119 cm³/mol. The fraction of sp³-hybridized carbons (Fsp3) is 0.192. The molecule has 0 fully saturated rings. The van der Waals surface area contributed by atoms with E-state index in [1.165, 1.54) is 0 Å². The second-order valence-corrected chi connectivity index (χ2v) is 8.49. The number of carbonyl (C=O) groups excluding carboxylic acids is 1. The molecule has 3 aromatic carbocycles. The lowest BCUT2D eigenvalue weighted by Gasteiger charge is -2.39. The number of nitrogens with zero attached hydrogens (tertiary/aromatic N) is 2. The van der Waals surface area contributed by atoms with Crippen molar-refractivity contribution in [3.63, 3.8) is 0 Å². The summed E-state index contributed by atoms with van der Waals surface area (Å²) < 4.78 is 7.76. The van der Waals surface area contributed by atoms with Crippen LogP contribution >= 0.6 is 0 Å². The van der Waals surface area contributed by atoms with Gasteiger partial charge in [-0.15, -0.1) is 0 Å². The van der Waals surface area contributed by atoms with Crippen molar-refractivity contribution in [2.24, 2.45) is 0 Å². The molecule has 0 radical (unpaired) electrons. The minimum Gasteiger partial charge on any atom is -0.421 e. The summed E-state index contributed by atoms with van der Waals surface area (Å²) in [4.78, 5) is 25.2. The van der Waals surface area contributed by atoms with E-state index in [1.54, 1.807) is 12.1 Å². The summed E-state index contributed by atoms with van der Waals surface area (Å²) in [7, 11) is 0. The first-order valence-corrected chi connectivity index (χ1v) is 10.7. The van der Waals surface area contributed by atoms with Crippen LogP contribution in [0, 0.1) is 10.1 Å². The van der Waals surface area contributed by atoms with E-state index in [0.717, 1.165) is 27.7 Å². The Bertz CT molecular complexity index is 1390. The van der Waals surface area contributed by atoms with Gasteiger partial charge in [-0.05, 0) is 29.7 Å². The number of benzene rings is 3. The number of carbonyl (C=O) groups is 1. The van der Waals surface area contributed by atoms with Crippen molar-refractivity contribution in [3.8, 4) is 5.75 Å². The minimum absolute atomic E-state index is 0.107. The molecule has 0 bridgehead atoms. The van der Waals surface area contributed by atoms with Crippen LogP contribution in [-0.2, 0) is 17.8 Å². The van der Waals surface area contributed by atoms with Crippen LogP contribution in [0.1, 0.15) is 34.7 Å². The van der Waals surface area contributed by atoms with Crippen molar-refractivity contribution in [2.75, 3.05) is 0 Å². The van der Waals surface area contributed by atoms with Gasteiger partial charge in [0.25, 0.3) is 0 Å². The highest BCUT2D eigenvalue weighted by atomic mass is 16.6. The molecule has 6 rings (SSSR count). The molecule has 0 unspecified atom stereocenters. The molecule has 158 valence electrons. The van der Waals surface area contributed by atoms with E-state index in [1.807, 2.05) is 48.5 Å². The quantitative estimate of drug-likeness (QED) is 0.207. The molecule has 32 heavy (non-hydrogen) atoms. The van der Waals surface area contributed by atoms with Gasteiger partial charge in [0.15, 0.2) is 0 Å². The molecular weight excluding hydrogens is 404 g/mol. The molecule has 0 spiro atoms. The van der Waals surface area contributed by atoms with Gasteiger partial charge in [-0.1, -0.05) is 66.7 Å². The fourth-order valence-electron chi connectivity index (χ4n) is 5.52. The maximum absolute atomic E-state index is 13.1. The highest BCUT2D eigenvalue weighted by molar-refractivity contribution is 5.93. The van der Waals surface area contributed by atoms with Crippen molar-refractivity contribution in [1.29, 1.82) is 0 Å². The van der Waals surface area contributed by atoms with Crippen LogP contribution in [0.5, 0.6) is 5.75 Å². The zero-order chi connectivity index (χ0) is 21.9. The standard InChI is InChI=1S/C26H20N2O4/c29-25-26(28(30)31)15-14-21-23(24(26)19-11-5-7-13-22(19)32-25)18-10-4-6-12-20(18)27(21)16-17-8-2-1-3-9-17/h1-13,24H,14-16H2/t24-,26-/m0/s1. The SMILES string of the molecule is O=C1Oc2ccccc2[C@H]2c3c(n(Cc4ccccc4)c4ccccc34)CC[C@@]12[N+](=O)[O-]. The smallest absolute Gasteiger partial charge is 0.391 e. The Hall–Kier alpha value is -3.93. The Balaban J connectivity index is 1.66. The molecule has 1 aliphatic carbocycles. The normalized spacial score (nSPS) is 21.4. The first-order chi connectivity index (χ1) is 15.6. The number of fused-ring (bicyclic) bond motifs is 7. The number of ether oxygens (including phenoxy) is 1. The van der Waals surface area contributed by atoms with Gasteiger partial charge in [-0.25, -0.2) is 4.79 Å². The van der Waals surface area contributed by atoms with Gasteiger partial charge < -0.3 is 9.30 Å². The Morgan fingerprint density at radius 1 is 1.00 bits per heavy atom. The Labute approximate surface area is 184 Å². The Kier molecular flexibility index (Phi) is 3.99. The second kappa shape index (κ2) is 6.79. The highest BCUT2D eigenvalue weighted by Gasteiger charge is 2.65. The summed E-state index contributed by atoms with van der Waals surface area (Å²) in [5, 5.41) is 13.4. The van der Waals surface area contributed by atoms with Crippen molar-refractivity contribution < 1.29 is 14.5 Å². The molecule has 2 atom stereocenters. The summed E-state index contributed by atoms with van der Waals surface area (Å²) >= 11 is 0. The molecule has 0 amide bonds. The largest absolute Gasteiger partial charge is 0.421 e. The monoisotopic (exact) mass is 424 g/mol. The first kappa shape index (κ1) is 18.8. The number of hydrogen-bond donors (Lipinski definition) is 0. The molecule has 4 aromatic rings. The van der Waals surface area contributed by atoms with Crippen LogP contribution in [0.2, 0.25) is 0 Å². The van der Waals surface area contributed by atoms with E-state index in [9.17, 15) is 14.9 Å². The van der Waals surface area contributed by atoms with Gasteiger partial charge in [-0.3, -0.25) is 10.1 Å². The fourth-order valence-corrected chi connectivity index (χ4v) is 5.52. The van der Waals surface area contributed by atoms with Gasteiger partial charge in [0.2, 0.25) is 0 Å². The highest BCUT2D eigenvalue weighted by Crippen LogP contribution is 2.53. The van der Waals surface area contributed by atoms with E-state index in [-0.39, 0.29) is 6.42 Å². The first-order valence-electron chi connectivity index (χ1n) is 10.7. The average molecular weight is 424 g/mol. The Morgan fingerprint density at radius 3 is 2.53 bits per heavy atom. The van der Waals surface area contributed by atoms with Gasteiger partial charge in [0.05, 0.1) is 5.92 Å². The van der Waals surface area contributed by atoms with E-state index < -0.39 is 22.3 Å². The summed E-state index contributed by atoms with van der Waals surface area (Å²) in [6.45, 7) is 0.668. The maximum Gasteiger partial charge on any atom is 0.391 e. The van der Waals surface area contributed by atoms with Crippen LogP contribution in [0.3, 0.4) is 0 Å². The van der Waals surface area contributed by atoms with E-state index in [0.29, 0.717) is 24.3 Å². The molecule has 2 aliphatic rings. The van der Waals surface area contributed by atoms with Gasteiger partial charge in [0.1, 0.15) is 5.75 Å². The van der Waals surface area contributed by atoms with Gasteiger partial charge in [-0.2, -0.15) is 0 Å². The van der Waals surface area contributed by atoms with E-state index >= 15 is 0 Å². The number of esters is 1. The number of para-hydroxylation sites is 2. The molecular formula is C26H20N2O4. The van der Waals surface area contributed by atoms with Crippen LogP contribution in [0.4, 0.5) is 0 Å². The third kappa shape index (κ3) is 2.43. The lowest BCUT2D eigenvalue weighted by Crippen LogP contribution is -2.58. The maximum atomic E-state index is 13.1. The van der Waals surface area contributed by atoms with Crippen LogP contribution in [0.15, 0.2) is 78.9 Å². The predicted octanol–water partition coefficient (Wildman–Crippen LogP) is 4.70. The van der Waals surface area contributed by atoms with Crippen molar-refractivity contribution >= 4 is 16.9 Å². The zero-order valence-corrected chi connectivity index (χ0v) is 17.2. The topological polar surface area (TPSA) is 74.4 Å². The summed E-state index contributed by atoms with van der Waals surface area (Å²) in [5.41, 5.74) is 3.00. The molecule has 6 nitrogen and oxygen atoms in total. The molecule has 0 saturated heterocycles. The molecule has 1 aliphatic heterocycles. The molecule has 2 heterocycles. The summed E-state index contributed by atoms with van der Waals surface area (Å²) in [6.07, 6.45) is 0.543. The van der Waals surface area contributed by atoms with Crippen molar-refractivity contribution in [3.05, 3.63) is 111 Å². The average Bonchev–Trinajstić information content (AvgIpc) is 3.13. The summed E-state index contributed by atoms with van der Waals surface area (Å²) in [6, 6.07) is 25.4. The number of aromatic nitrogens is 1. The lowest BCUT2D eigenvalue weighted by molar-refractivity contribution is -0.560. The summed E-state index contributed by atoms with van der Waals surface area (Å²) in [5.74, 6) is -1.05. The number of nitro groups is 1. The lowest BCUT2D eigenvalue weighted by atomic mass is 9.66. The number of hydrogen-bond acceptors (Lipinski definition) is 4. The zero-order valence-electron chi connectivity index (χ0n) is 17.2. The van der Waals surface area contributed by atoms with Crippen LogP contribution < -0.4 is 4.74 Å². The van der Waals surface area contributed by atoms with Gasteiger partial charge >= 0.3 is 11.5 Å². The van der Waals surface area contributed by atoms with Crippen molar-refractivity contribution in [1.82, 2.24) is 4.57 Å². The molecule has 0 N–H and O–H groups in total. The van der Waals surface area contributed by atoms with Gasteiger partial charge in [0, 0.05) is 40.0 Å². The minimum atomic E-state index is -1.82. The number of rotatable bonds is 3. The second-order valence-electron chi connectivity index (χ2n) is 8.49.